The zero-order valence-electron chi connectivity index (χ0n) is 17.2. The van der Waals surface area contributed by atoms with Gasteiger partial charge in [-0.05, 0) is 30.4 Å². The number of aromatic amines is 1. The average molecular weight is 393 g/mol. The molecule has 1 heterocycles. The molecule has 1 atom stereocenters. The molecule has 0 aliphatic heterocycles. The number of carbonyl (C=O) groups excluding carboxylic acids is 2. The summed E-state index contributed by atoms with van der Waals surface area (Å²) in [6.07, 6.45) is 1.05. The van der Waals surface area contributed by atoms with Crippen molar-refractivity contribution in [1.29, 1.82) is 0 Å². The number of hydrogen-bond donors (Lipinski definition) is 3. The minimum Gasteiger partial charge on any atom is -0.354 e. The molecule has 29 heavy (non-hydrogen) atoms. The average Bonchev–Trinajstić information content (AvgIpc) is 3.12. The van der Waals surface area contributed by atoms with Gasteiger partial charge in [0.15, 0.2) is 5.69 Å². The number of rotatable bonds is 8. The third-order valence-electron chi connectivity index (χ3n) is 5.10. The van der Waals surface area contributed by atoms with Gasteiger partial charge in [-0.25, -0.2) is 0 Å². The largest absolute Gasteiger partial charge is 0.354 e. The summed E-state index contributed by atoms with van der Waals surface area (Å²) in [5.74, 6) is -0.359. The van der Waals surface area contributed by atoms with Crippen molar-refractivity contribution >= 4 is 22.7 Å². The SMILES string of the molecule is CC(CC(C)(C)c1ccccc1)NC(=O)CCNC(=O)c1n[nH]c2ccccc12. The molecule has 6 nitrogen and oxygen atoms in total. The van der Waals surface area contributed by atoms with Crippen LogP contribution in [-0.4, -0.2) is 34.6 Å². The Morgan fingerprint density at radius 1 is 1.07 bits per heavy atom. The molecule has 1 aromatic heterocycles. The monoisotopic (exact) mass is 392 g/mol. The van der Waals surface area contributed by atoms with Crippen LogP contribution in [0.15, 0.2) is 54.6 Å². The number of nitrogens with zero attached hydrogens (tertiary/aromatic N) is 1. The Hall–Kier alpha value is -3.15. The summed E-state index contributed by atoms with van der Waals surface area (Å²) >= 11 is 0. The van der Waals surface area contributed by atoms with Crippen LogP contribution in [0, 0.1) is 0 Å². The van der Waals surface area contributed by atoms with Gasteiger partial charge in [0, 0.05) is 24.4 Å². The first kappa shape index (κ1) is 20.6. The first-order valence-electron chi connectivity index (χ1n) is 9.93. The smallest absolute Gasteiger partial charge is 0.272 e. The maximum atomic E-state index is 12.3. The maximum Gasteiger partial charge on any atom is 0.272 e. The lowest BCUT2D eigenvalue weighted by molar-refractivity contribution is -0.121. The molecule has 152 valence electrons. The van der Waals surface area contributed by atoms with E-state index in [1.165, 1.54) is 5.56 Å². The summed E-state index contributed by atoms with van der Waals surface area (Å²) in [4.78, 5) is 24.6. The Kier molecular flexibility index (Phi) is 6.32. The summed E-state index contributed by atoms with van der Waals surface area (Å²) < 4.78 is 0. The van der Waals surface area contributed by atoms with Gasteiger partial charge in [0.2, 0.25) is 5.91 Å². The number of aromatic nitrogens is 2. The lowest BCUT2D eigenvalue weighted by Crippen LogP contribution is -2.38. The molecular formula is C23H28N4O2. The molecule has 3 N–H and O–H groups in total. The summed E-state index contributed by atoms with van der Waals surface area (Å²) in [6, 6.07) is 17.8. The number of carbonyl (C=O) groups is 2. The van der Waals surface area contributed by atoms with Crippen molar-refractivity contribution in [2.24, 2.45) is 0 Å². The quantitative estimate of drug-likeness (QED) is 0.548. The highest BCUT2D eigenvalue weighted by molar-refractivity contribution is 6.04. The highest BCUT2D eigenvalue weighted by Gasteiger charge is 2.24. The van der Waals surface area contributed by atoms with Crippen molar-refractivity contribution in [3.63, 3.8) is 0 Å². The normalized spacial score (nSPS) is 12.5. The van der Waals surface area contributed by atoms with E-state index in [-0.39, 0.29) is 36.2 Å². The summed E-state index contributed by atoms with van der Waals surface area (Å²) in [5.41, 5.74) is 2.37. The van der Waals surface area contributed by atoms with E-state index in [4.69, 9.17) is 0 Å². The summed E-state index contributed by atoms with van der Waals surface area (Å²) in [7, 11) is 0. The second kappa shape index (κ2) is 8.90. The molecule has 1 unspecified atom stereocenters. The van der Waals surface area contributed by atoms with Crippen LogP contribution < -0.4 is 10.6 Å². The number of fused-ring (bicyclic) bond motifs is 1. The number of hydrogen-bond acceptors (Lipinski definition) is 3. The van der Waals surface area contributed by atoms with E-state index in [1.54, 1.807) is 0 Å². The third-order valence-corrected chi connectivity index (χ3v) is 5.10. The van der Waals surface area contributed by atoms with Gasteiger partial charge in [-0.15, -0.1) is 0 Å². The predicted octanol–water partition coefficient (Wildman–Crippen LogP) is 3.56. The lowest BCUT2D eigenvalue weighted by atomic mass is 9.79. The van der Waals surface area contributed by atoms with E-state index in [9.17, 15) is 9.59 Å². The Morgan fingerprint density at radius 2 is 1.76 bits per heavy atom. The van der Waals surface area contributed by atoms with Crippen molar-refractivity contribution in [2.75, 3.05) is 6.54 Å². The molecule has 0 saturated carbocycles. The number of amides is 2. The molecule has 0 aliphatic rings. The number of para-hydroxylation sites is 1. The van der Waals surface area contributed by atoms with Crippen molar-refractivity contribution < 1.29 is 9.59 Å². The van der Waals surface area contributed by atoms with Gasteiger partial charge in [0.05, 0.1) is 5.52 Å². The van der Waals surface area contributed by atoms with Crippen LogP contribution in [0.1, 0.15) is 49.7 Å². The van der Waals surface area contributed by atoms with Crippen LogP contribution in [0.2, 0.25) is 0 Å². The fourth-order valence-electron chi connectivity index (χ4n) is 3.68. The molecule has 3 rings (SSSR count). The Balaban J connectivity index is 1.45. The number of H-pyrrole nitrogens is 1. The minimum atomic E-state index is -0.284. The van der Waals surface area contributed by atoms with Crippen LogP contribution in [0.4, 0.5) is 0 Å². The zero-order valence-corrected chi connectivity index (χ0v) is 17.2. The molecule has 0 aliphatic carbocycles. The lowest BCUT2D eigenvalue weighted by Gasteiger charge is -2.29. The molecule has 0 bridgehead atoms. The van der Waals surface area contributed by atoms with Crippen molar-refractivity contribution in [3.05, 3.63) is 65.9 Å². The predicted molar refractivity (Wildman–Crippen MR) is 115 cm³/mol. The number of nitrogens with one attached hydrogen (secondary N) is 3. The summed E-state index contributed by atoms with van der Waals surface area (Å²) in [6.45, 7) is 6.64. The fourth-order valence-corrected chi connectivity index (χ4v) is 3.68. The van der Waals surface area contributed by atoms with E-state index in [0.717, 1.165) is 17.3 Å². The van der Waals surface area contributed by atoms with Crippen LogP contribution in [0.5, 0.6) is 0 Å². The van der Waals surface area contributed by atoms with Gasteiger partial charge >= 0.3 is 0 Å². The second-order valence-electron chi connectivity index (χ2n) is 8.05. The third kappa shape index (κ3) is 5.22. The molecule has 0 radical (unpaired) electrons. The Bertz CT molecular complexity index is 979. The molecule has 6 heteroatoms. The first-order chi connectivity index (χ1) is 13.9. The van der Waals surface area contributed by atoms with E-state index >= 15 is 0 Å². The van der Waals surface area contributed by atoms with Gasteiger partial charge in [-0.1, -0.05) is 62.4 Å². The van der Waals surface area contributed by atoms with Gasteiger partial charge in [-0.3, -0.25) is 14.7 Å². The Labute approximate surface area is 171 Å². The van der Waals surface area contributed by atoms with Gasteiger partial charge in [-0.2, -0.15) is 5.10 Å². The molecule has 2 amide bonds. The molecule has 0 saturated heterocycles. The Morgan fingerprint density at radius 3 is 2.52 bits per heavy atom. The van der Waals surface area contributed by atoms with E-state index in [2.05, 4.69) is 46.8 Å². The van der Waals surface area contributed by atoms with Gasteiger partial charge in [0.1, 0.15) is 0 Å². The van der Waals surface area contributed by atoms with Crippen LogP contribution in [0.3, 0.4) is 0 Å². The highest BCUT2D eigenvalue weighted by atomic mass is 16.2. The maximum absolute atomic E-state index is 12.3. The summed E-state index contributed by atoms with van der Waals surface area (Å²) in [5, 5.41) is 13.5. The fraction of sp³-hybridized carbons (Fsp3) is 0.348. The highest BCUT2D eigenvalue weighted by Crippen LogP contribution is 2.28. The second-order valence-corrected chi connectivity index (χ2v) is 8.05. The molecular weight excluding hydrogens is 364 g/mol. The van der Waals surface area contributed by atoms with Crippen LogP contribution >= 0.6 is 0 Å². The van der Waals surface area contributed by atoms with E-state index in [0.29, 0.717) is 5.69 Å². The molecule has 0 fully saturated rings. The van der Waals surface area contributed by atoms with Crippen LogP contribution in [-0.2, 0) is 10.2 Å². The van der Waals surface area contributed by atoms with Crippen LogP contribution in [0.25, 0.3) is 10.9 Å². The molecule has 2 aromatic carbocycles. The first-order valence-corrected chi connectivity index (χ1v) is 9.93. The van der Waals surface area contributed by atoms with E-state index < -0.39 is 0 Å². The molecule has 0 spiro atoms. The van der Waals surface area contributed by atoms with E-state index in [1.807, 2.05) is 49.4 Å². The van der Waals surface area contributed by atoms with Crippen molar-refractivity contribution in [1.82, 2.24) is 20.8 Å². The minimum absolute atomic E-state index is 0.0312. The van der Waals surface area contributed by atoms with Gasteiger partial charge in [0.25, 0.3) is 5.91 Å². The van der Waals surface area contributed by atoms with Crippen molar-refractivity contribution in [2.45, 2.75) is 45.1 Å². The van der Waals surface area contributed by atoms with Crippen molar-refractivity contribution in [3.8, 4) is 0 Å². The number of benzene rings is 2. The topological polar surface area (TPSA) is 86.9 Å². The molecule has 3 aromatic rings. The van der Waals surface area contributed by atoms with Gasteiger partial charge < -0.3 is 10.6 Å². The zero-order chi connectivity index (χ0) is 20.9. The standard InChI is InChI=1S/C23H28N4O2/c1-16(15-23(2,3)17-9-5-4-6-10-17)25-20(28)13-14-24-22(29)21-18-11-7-8-12-19(18)26-27-21/h4-12,16H,13-15H2,1-3H3,(H,24,29)(H,25,28)(H,26,27).